The lowest BCUT2D eigenvalue weighted by molar-refractivity contribution is -0.256. The molecule has 0 unspecified atom stereocenters. The van der Waals surface area contributed by atoms with Crippen LogP contribution in [0.2, 0.25) is 0 Å². The number of nitrogens with one attached hydrogen (secondary N) is 1. The second-order valence-corrected chi connectivity index (χ2v) is 5.85. The van der Waals surface area contributed by atoms with E-state index in [0.717, 1.165) is 0 Å². The molecule has 1 aromatic heterocycles. The monoisotopic (exact) mass is 357 g/mol. The van der Waals surface area contributed by atoms with Crippen molar-refractivity contribution in [3.8, 4) is 11.5 Å². The number of hydrogen-bond acceptors (Lipinski definition) is 5. The first kappa shape index (κ1) is 16.1. The Labute approximate surface area is 146 Å². The zero-order valence-electron chi connectivity index (χ0n) is 13.7. The fraction of sp³-hybridized carbons (Fsp3) is 0.111. The Morgan fingerprint density at radius 3 is 2.69 bits per heavy atom. The third-order valence-electron chi connectivity index (χ3n) is 4.10. The van der Waals surface area contributed by atoms with Crippen LogP contribution in [0.5, 0.6) is 11.5 Å². The van der Waals surface area contributed by atoms with Crippen molar-refractivity contribution in [2.45, 2.75) is 6.92 Å². The normalized spacial score (nSPS) is 12.4. The second kappa shape index (κ2) is 5.85. The molecular weight excluding hydrogens is 343 g/mol. The average molecular weight is 357 g/mol. The van der Waals surface area contributed by atoms with Gasteiger partial charge in [-0.1, -0.05) is 0 Å². The van der Waals surface area contributed by atoms with E-state index >= 15 is 0 Å². The summed E-state index contributed by atoms with van der Waals surface area (Å²) in [6.45, 7) is 1.67. The van der Waals surface area contributed by atoms with Gasteiger partial charge in [-0.25, -0.2) is 9.18 Å². The zero-order valence-corrected chi connectivity index (χ0v) is 13.7. The number of fused-ring (bicyclic) bond motifs is 2. The van der Waals surface area contributed by atoms with E-state index in [4.69, 9.17) is 13.9 Å². The van der Waals surface area contributed by atoms with Gasteiger partial charge in [-0.2, -0.15) is 0 Å². The highest BCUT2D eigenvalue weighted by atomic mass is 19.1. The Kier molecular flexibility index (Phi) is 3.62. The van der Waals surface area contributed by atoms with E-state index in [-0.39, 0.29) is 29.2 Å². The third kappa shape index (κ3) is 2.56. The molecule has 26 heavy (non-hydrogen) atoms. The average Bonchev–Trinajstić information content (AvgIpc) is 3.20. The molecule has 2 aromatic carbocycles. The minimum atomic E-state index is -0.625. The number of amides is 2. The minimum Gasteiger partial charge on any atom is -0.454 e. The molecule has 0 aliphatic carbocycles. The van der Waals surface area contributed by atoms with Gasteiger partial charge in [-0.15, -0.1) is 0 Å². The largest absolute Gasteiger partial charge is 0.454 e. The molecule has 0 atom stereocenters. The van der Waals surface area contributed by atoms with Crippen molar-refractivity contribution in [1.29, 1.82) is 0 Å². The van der Waals surface area contributed by atoms with Crippen molar-refractivity contribution in [3.63, 3.8) is 0 Å². The first-order valence-corrected chi connectivity index (χ1v) is 7.74. The summed E-state index contributed by atoms with van der Waals surface area (Å²) in [7, 11) is 0. The van der Waals surface area contributed by atoms with Crippen LogP contribution in [0.15, 0.2) is 34.7 Å². The number of halogens is 1. The second-order valence-electron chi connectivity index (χ2n) is 5.85. The minimum absolute atomic E-state index is 0.0848. The van der Waals surface area contributed by atoms with Crippen LogP contribution >= 0.6 is 0 Å². The highest BCUT2D eigenvalue weighted by Gasteiger charge is 2.25. The van der Waals surface area contributed by atoms with Crippen LogP contribution in [-0.2, 0) is 0 Å². The number of aryl methyl sites for hydroxylation is 1. The number of hydrogen-bond donors (Lipinski definition) is 2. The number of carbonyl (C=O) groups excluding carboxylic acids is 2. The number of carbonyl (C=O) groups is 2. The quantitative estimate of drug-likeness (QED) is 0.748. The zero-order chi connectivity index (χ0) is 18.4. The lowest BCUT2D eigenvalue weighted by Crippen LogP contribution is -2.56. The molecule has 4 rings (SSSR count). The van der Waals surface area contributed by atoms with Crippen molar-refractivity contribution >= 4 is 28.5 Å². The summed E-state index contributed by atoms with van der Waals surface area (Å²) >= 11 is 0. The van der Waals surface area contributed by atoms with Crippen LogP contribution in [0, 0.1) is 12.7 Å². The van der Waals surface area contributed by atoms with Crippen molar-refractivity contribution < 1.29 is 33.6 Å². The molecule has 0 saturated carbocycles. The van der Waals surface area contributed by atoms with Gasteiger partial charge >= 0.3 is 5.91 Å². The predicted octanol–water partition coefficient (Wildman–Crippen LogP) is 2.24. The predicted molar refractivity (Wildman–Crippen MR) is 88.6 cm³/mol. The molecule has 2 heterocycles. The summed E-state index contributed by atoms with van der Waals surface area (Å²) in [5.41, 5.74) is 4.35. The molecule has 0 fully saturated rings. The Bertz CT molecular complexity index is 1070. The summed E-state index contributed by atoms with van der Waals surface area (Å²) in [6, 6.07) is 7.38. The molecular formula is C18H14FN2O5+. The molecule has 1 aliphatic heterocycles. The molecule has 0 radical (unpaired) electrons. The van der Waals surface area contributed by atoms with E-state index in [1.807, 2.05) is 0 Å². The topological polar surface area (TPSA) is 105 Å². The maximum absolute atomic E-state index is 14.0. The third-order valence-corrected chi connectivity index (χ3v) is 4.10. The van der Waals surface area contributed by atoms with Gasteiger partial charge in [-0.05, 0) is 42.8 Å². The Morgan fingerprint density at radius 1 is 1.15 bits per heavy atom. The molecule has 0 saturated heterocycles. The van der Waals surface area contributed by atoms with E-state index in [1.54, 1.807) is 19.1 Å². The fourth-order valence-corrected chi connectivity index (χ4v) is 2.76. The van der Waals surface area contributed by atoms with Crippen LogP contribution in [0.1, 0.15) is 26.5 Å². The molecule has 7 nitrogen and oxygen atoms in total. The smallest absolute Gasteiger partial charge is 0.378 e. The van der Waals surface area contributed by atoms with E-state index in [1.165, 1.54) is 18.2 Å². The number of benzene rings is 2. The number of rotatable bonds is 3. The van der Waals surface area contributed by atoms with Crippen LogP contribution in [-0.4, -0.2) is 18.6 Å². The highest BCUT2D eigenvalue weighted by Crippen LogP contribution is 2.35. The van der Waals surface area contributed by atoms with Gasteiger partial charge in [0, 0.05) is 10.9 Å². The highest BCUT2D eigenvalue weighted by molar-refractivity contribution is 6.13. The lowest BCUT2D eigenvalue weighted by atomic mass is 10.1. The van der Waals surface area contributed by atoms with Crippen LogP contribution in [0.3, 0.4) is 0 Å². The molecule has 3 aromatic rings. The standard InChI is InChI=1S/C18H13FN2O5/c1-8-4-13-10(6-11(8)19)15(16(26-13)17(20)22)21-18(23)9-2-3-12-14(5-9)25-7-24-12/h2-6H,7H2,1H3,(H2,20,22)(H,21,23)/p+1. The van der Waals surface area contributed by atoms with Gasteiger partial charge in [0.25, 0.3) is 11.7 Å². The van der Waals surface area contributed by atoms with Crippen molar-refractivity contribution in [3.05, 3.63) is 53.0 Å². The summed E-state index contributed by atoms with van der Waals surface area (Å²) in [5, 5.41) is 2.90. The summed E-state index contributed by atoms with van der Waals surface area (Å²) in [6.07, 6.45) is 0. The van der Waals surface area contributed by atoms with Crippen LogP contribution < -0.4 is 20.5 Å². The molecule has 132 valence electrons. The molecule has 0 spiro atoms. The van der Waals surface area contributed by atoms with Crippen LogP contribution in [0.4, 0.5) is 10.1 Å². The van der Waals surface area contributed by atoms with E-state index < -0.39 is 17.6 Å². The van der Waals surface area contributed by atoms with Gasteiger partial charge in [-0.3, -0.25) is 10.5 Å². The fourth-order valence-electron chi connectivity index (χ4n) is 2.76. The summed E-state index contributed by atoms with van der Waals surface area (Å²) in [4.78, 5) is 24.4. The molecule has 2 amide bonds. The molecule has 4 N–H and O–H groups in total. The van der Waals surface area contributed by atoms with E-state index in [0.29, 0.717) is 22.6 Å². The first-order chi connectivity index (χ1) is 12.4. The molecule has 0 bridgehead atoms. The Morgan fingerprint density at radius 2 is 1.92 bits per heavy atom. The SMILES string of the molecule is Cc1cc2oc(C([NH3+])=O)c(NC(=O)c3ccc4c(c3)OCO4)c2cc1F. The molecule has 1 aliphatic rings. The van der Waals surface area contributed by atoms with Gasteiger partial charge in [0.15, 0.2) is 11.5 Å². The lowest BCUT2D eigenvalue weighted by Gasteiger charge is -2.06. The van der Waals surface area contributed by atoms with Gasteiger partial charge in [0.1, 0.15) is 17.1 Å². The van der Waals surface area contributed by atoms with Crippen molar-refractivity contribution in [1.82, 2.24) is 0 Å². The van der Waals surface area contributed by atoms with Crippen LogP contribution in [0.25, 0.3) is 11.0 Å². The van der Waals surface area contributed by atoms with Crippen molar-refractivity contribution in [2.75, 3.05) is 12.1 Å². The maximum atomic E-state index is 14.0. The van der Waals surface area contributed by atoms with E-state index in [2.05, 4.69) is 11.1 Å². The van der Waals surface area contributed by atoms with E-state index in [9.17, 15) is 14.0 Å². The number of anilines is 1. The summed E-state index contributed by atoms with van der Waals surface area (Å²) < 4.78 is 29.9. The van der Waals surface area contributed by atoms with Gasteiger partial charge < -0.3 is 19.2 Å². The maximum Gasteiger partial charge on any atom is 0.378 e. The molecule has 8 heteroatoms. The number of ether oxygens (including phenoxy) is 2. The Hall–Kier alpha value is -3.39. The van der Waals surface area contributed by atoms with Gasteiger partial charge in [0.05, 0.1) is 0 Å². The van der Waals surface area contributed by atoms with Gasteiger partial charge in [0.2, 0.25) is 6.79 Å². The van der Waals surface area contributed by atoms with Crippen molar-refractivity contribution in [2.24, 2.45) is 0 Å². The number of furan rings is 1. The first-order valence-electron chi connectivity index (χ1n) is 7.74. The number of quaternary nitrogens is 1. The summed E-state index contributed by atoms with van der Waals surface area (Å²) in [5.74, 6) is -0.750. The Balaban J connectivity index is 1.76.